The number of ether oxygens (including phenoxy) is 7. The van der Waals surface area contributed by atoms with E-state index in [1.807, 2.05) is 60.5 Å². The number of oxime groups is 1. The van der Waals surface area contributed by atoms with Crippen molar-refractivity contribution in [1.29, 1.82) is 0 Å². The molecule has 15 nitrogen and oxygen atoms in total. The molecule has 0 aromatic carbocycles. The van der Waals surface area contributed by atoms with E-state index in [-0.39, 0.29) is 37.3 Å². The molecule has 14 atom stereocenters. The Kier molecular flexibility index (Phi) is 14.5. The van der Waals surface area contributed by atoms with Crippen LogP contribution >= 0.6 is 0 Å². The molecule has 4 rings (SSSR count). The van der Waals surface area contributed by atoms with Crippen LogP contribution < -0.4 is 0 Å². The van der Waals surface area contributed by atoms with Gasteiger partial charge < -0.3 is 48.0 Å². The summed E-state index contributed by atoms with van der Waals surface area (Å²) in [5.74, 6) is -4.07. The van der Waals surface area contributed by atoms with Gasteiger partial charge >= 0.3 is 18.1 Å². The zero-order valence-electron chi connectivity index (χ0n) is 33.8. The number of nitrogens with zero attached hydrogens (tertiary/aromatic N) is 3. The summed E-state index contributed by atoms with van der Waals surface area (Å²) < 4.78 is 43.5. The van der Waals surface area contributed by atoms with E-state index < -0.39 is 83.9 Å². The molecule has 15 heteroatoms. The monoisotopic (exact) mass is 763 g/mol. The van der Waals surface area contributed by atoms with E-state index in [1.54, 1.807) is 45.4 Å². The number of carbonyl (C=O) groups excluding carboxylic acids is 3. The number of aromatic nitrogens is 1. The van der Waals surface area contributed by atoms with Crippen LogP contribution in [0, 0.1) is 23.7 Å². The third kappa shape index (κ3) is 9.35. The molecule has 3 fully saturated rings. The van der Waals surface area contributed by atoms with E-state index in [1.165, 1.54) is 7.11 Å². The smallest absolute Gasteiger partial charge is 0.461 e. The van der Waals surface area contributed by atoms with Gasteiger partial charge in [-0.15, -0.1) is 0 Å². The van der Waals surface area contributed by atoms with E-state index in [2.05, 4.69) is 10.1 Å². The highest BCUT2D eigenvalue weighted by Crippen LogP contribution is 2.43. The van der Waals surface area contributed by atoms with Crippen molar-refractivity contribution < 1.29 is 57.5 Å². The van der Waals surface area contributed by atoms with Crippen LogP contribution in [-0.4, -0.2) is 127 Å². The maximum absolute atomic E-state index is 14.3. The van der Waals surface area contributed by atoms with Gasteiger partial charge in [-0.25, -0.2) is 4.79 Å². The number of rotatable bonds is 9. The lowest BCUT2D eigenvalue weighted by atomic mass is 9.73. The van der Waals surface area contributed by atoms with Gasteiger partial charge in [0.1, 0.15) is 25.4 Å². The number of likely N-dealkylation sites (N-methyl/N-ethyl adjacent to an activating group) is 1. The number of aliphatic hydroxyl groups excluding tert-OH is 1. The third-order valence-electron chi connectivity index (χ3n) is 11.5. The van der Waals surface area contributed by atoms with Crippen LogP contribution in [0.5, 0.6) is 0 Å². The summed E-state index contributed by atoms with van der Waals surface area (Å²) in [5.41, 5.74) is -1.56. The summed E-state index contributed by atoms with van der Waals surface area (Å²) in [5, 5.41) is 16.1. The molecule has 54 heavy (non-hydrogen) atoms. The zero-order chi connectivity index (χ0) is 40.1. The summed E-state index contributed by atoms with van der Waals surface area (Å²) in [6.45, 7) is 14.5. The van der Waals surface area contributed by atoms with Gasteiger partial charge in [-0.3, -0.25) is 14.6 Å². The highest BCUT2D eigenvalue weighted by Gasteiger charge is 2.59. The first-order chi connectivity index (χ1) is 25.4. The van der Waals surface area contributed by atoms with E-state index in [4.69, 9.17) is 38.0 Å². The summed E-state index contributed by atoms with van der Waals surface area (Å²) in [6.07, 6.45) is -4.71. The van der Waals surface area contributed by atoms with E-state index in [0.29, 0.717) is 17.8 Å². The summed E-state index contributed by atoms with van der Waals surface area (Å²) in [4.78, 5) is 52.4. The maximum Gasteiger partial charge on any atom is 0.509 e. The minimum absolute atomic E-state index is 0.151. The van der Waals surface area contributed by atoms with Gasteiger partial charge in [-0.2, -0.15) is 0 Å². The van der Waals surface area contributed by atoms with Gasteiger partial charge in [0.15, 0.2) is 18.0 Å². The Morgan fingerprint density at radius 3 is 2.37 bits per heavy atom. The van der Waals surface area contributed by atoms with Gasteiger partial charge in [0.05, 0.1) is 41.6 Å². The first kappa shape index (κ1) is 43.4. The van der Waals surface area contributed by atoms with Crippen LogP contribution in [0.25, 0.3) is 0 Å². The molecule has 0 aliphatic carbocycles. The molecule has 0 spiro atoms. The predicted molar refractivity (Wildman–Crippen MR) is 196 cm³/mol. The molecular weight excluding hydrogens is 702 g/mol. The minimum atomic E-state index is -1.40. The van der Waals surface area contributed by atoms with Crippen LogP contribution in [0.2, 0.25) is 0 Å². The van der Waals surface area contributed by atoms with Crippen molar-refractivity contribution in [1.82, 2.24) is 9.88 Å². The number of fused-ring (bicyclic) bond motifs is 1. The Morgan fingerprint density at radius 2 is 1.78 bits per heavy atom. The van der Waals surface area contributed by atoms with Crippen molar-refractivity contribution in [3.05, 3.63) is 30.1 Å². The zero-order valence-corrected chi connectivity index (χ0v) is 33.8. The van der Waals surface area contributed by atoms with Crippen LogP contribution in [-0.2, 0) is 54.0 Å². The second kappa shape index (κ2) is 18.1. The number of methoxy groups -OCH3 is 1. The average Bonchev–Trinajstić information content (AvgIpc) is 3.44. The van der Waals surface area contributed by atoms with Gasteiger partial charge in [-0.05, 0) is 73.2 Å². The predicted octanol–water partition coefficient (Wildman–Crippen LogP) is 4.32. The SMILES string of the molecule is CC[C@H]1OC(=O)[C@H](C)[C@H](OC(=O)Cc2ccccn2)[C@H](C)[C@@H](O[C@@H]2O[C@H](C)C[C@H](N(C)C)[C@H]2O)[C@](C)(OC)C[C@@H](C)/C(=N\OC)[C@H](C)[C@H]2OC(=O)O[C@@]21C. The van der Waals surface area contributed by atoms with E-state index in [0.717, 1.165) is 0 Å². The lowest BCUT2D eigenvalue weighted by Crippen LogP contribution is -2.60. The first-order valence-electron chi connectivity index (χ1n) is 18.9. The maximum atomic E-state index is 14.3. The number of cyclic esters (lactones) is 1. The molecule has 1 aromatic rings. The summed E-state index contributed by atoms with van der Waals surface area (Å²) >= 11 is 0. The molecular formula is C39H61N3O12. The molecule has 0 bridgehead atoms. The molecule has 0 amide bonds. The lowest BCUT2D eigenvalue weighted by Gasteiger charge is -2.48. The highest BCUT2D eigenvalue weighted by atomic mass is 16.8. The van der Waals surface area contributed by atoms with Crippen LogP contribution in [0.15, 0.2) is 29.6 Å². The third-order valence-corrected chi connectivity index (χ3v) is 11.5. The number of hydrogen-bond donors (Lipinski definition) is 1. The second-order valence-electron chi connectivity index (χ2n) is 15.7. The molecule has 3 aliphatic rings. The quantitative estimate of drug-likeness (QED) is 0.214. The van der Waals surface area contributed by atoms with Gasteiger partial charge in [0.25, 0.3) is 0 Å². The number of hydrogen-bond acceptors (Lipinski definition) is 15. The van der Waals surface area contributed by atoms with Crippen molar-refractivity contribution in [3.8, 4) is 0 Å². The van der Waals surface area contributed by atoms with Crippen molar-refractivity contribution in [2.24, 2.45) is 28.8 Å². The Bertz CT molecular complexity index is 1460. The summed E-state index contributed by atoms with van der Waals surface area (Å²) in [6, 6.07) is 4.95. The van der Waals surface area contributed by atoms with Crippen molar-refractivity contribution in [3.63, 3.8) is 0 Å². The second-order valence-corrected chi connectivity index (χ2v) is 15.7. The topological polar surface area (TPSA) is 174 Å². The molecule has 3 aliphatic heterocycles. The highest BCUT2D eigenvalue weighted by molar-refractivity contribution is 5.89. The molecule has 0 radical (unpaired) electrons. The number of pyridine rings is 1. The Morgan fingerprint density at radius 1 is 1.07 bits per heavy atom. The summed E-state index contributed by atoms with van der Waals surface area (Å²) in [7, 11) is 6.76. The lowest BCUT2D eigenvalue weighted by molar-refractivity contribution is -0.301. The van der Waals surface area contributed by atoms with Crippen molar-refractivity contribution in [2.45, 2.75) is 141 Å². The number of esters is 2. The Balaban J connectivity index is 1.88. The van der Waals surface area contributed by atoms with Gasteiger partial charge in [-0.1, -0.05) is 38.9 Å². The number of aliphatic hydroxyl groups is 1. The van der Waals surface area contributed by atoms with Crippen LogP contribution in [0.1, 0.15) is 80.3 Å². The molecule has 4 heterocycles. The first-order valence-corrected chi connectivity index (χ1v) is 18.9. The van der Waals surface area contributed by atoms with Crippen LogP contribution in [0.3, 0.4) is 0 Å². The fraction of sp³-hybridized carbons (Fsp3) is 0.769. The fourth-order valence-electron chi connectivity index (χ4n) is 8.53. The number of carbonyl (C=O) groups is 3. The average molecular weight is 764 g/mol. The van der Waals surface area contributed by atoms with Crippen molar-refractivity contribution in [2.75, 3.05) is 28.3 Å². The minimum Gasteiger partial charge on any atom is -0.461 e. The normalized spacial score (nSPS) is 40.2. The van der Waals surface area contributed by atoms with Crippen LogP contribution in [0.4, 0.5) is 4.79 Å². The van der Waals surface area contributed by atoms with E-state index in [9.17, 15) is 19.5 Å². The van der Waals surface area contributed by atoms with Gasteiger partial charge in [0, 0.05) is 37.1 Å². The molecule has 1 aromatic heterocycles. The Hall–Kier alpha value is -3.37. The molecule has 0 saturated carbocycles. The fourth-order valence-corrected chi connectivity index (χ4v) is 8.53. The standard InChI is InChI=1S/C39H61N3O12/c1-13-28-39(8)34(53-37(46)54-39)23(4)30(41-48-12)21(2)20-38(7,47-11)33(52-36-31(44)27(42(9)10)18-22(3)49-36)24(5)32(25(6)35(45)50-28)51-29(43)19-26-16-14-15-17-40-26/h14-17,21-25,27-28,31-34,36,44H,13,18-20H2,1-12H3/b41-30+/t21-,22-,23+,24+,25-,27+,28-,31-,32-,33-,34-,36+,38-,39-/m1/s1. The van der Waals surface area contributed by atoms with Gasteiger partial charge in [0.2, 0.25) is 0 Å². The molecule has 0 unspecified atom stereocenters. The largest absolute Gasteiger partial charge is 0.509 e. The molecule has 304 valence electrons. The van der Waals surface area contributed by atoms with Crippen molar-refractivity contribution >= 4 is 23.8 Å². The Labute approximate surface area is 319 Å². The van der Waals surface area contributed by atoms with E-state index >= 15 is 0 Å². The molecule has 3 saturated heterocycles. The molecule has 1 N–H and O–H groups in total.